The summed E-state index contributed by atoms with van der Waals surface area (Å²) in [5.74, 6) is 0. The van der Waals surface area contributed by atoms with Crippen LogP contribution >= 0.6 is 0 Å². The molecule has 1 fully saturated rings. The maximum atomic E-state index is 11.2. The van der Waals surface area contributed by atoms with Crippen molar-refractivity contribution in [2.75, 3.05) is 14.1 Å². The third kappa shape index (κ3) is 3.65. The van der Waals surface area contributed by atoms with E-state index in [1.54, 1.807) is 0 Å². The van der Waals surface area contributed by atoms with E-state index in [0.717, 1.165) is 25.7 Å². The van der Waals surface area contributed by atoms with Crippen molar-refractivity contribution in [1.29, 1.82) is 0 Å². The molecule has 1 N–H and O–H groups in total. The van der Waals surface area contributed by atoms with Gasteiger partial charge in [-0.2, -0.15) is 0 Å². The number of nitrogens with zero attached hydrogens (tertiary/aromatic N) is 1. The first-order valence-electron chi connectivity index (χ1n) is 9.48. The lowest BCUT2D eigenvalue weighted by Crippen LogP contribution is -2.49. The van der Waals surface area contributed by atoms with Gasteiger partial charge in [0.2, 0.25) is 0 Å². The Morgan fingerprint density at radius 3 is 2.36 bits per heavy atom. The van der Waals surface area contributed by atoms with Gasteiger partial charge in [-0.25, -0.2) is 0 Å². The minimum absolute atomic E-state index is 0.144. The van der Waals surface area contributed by atoms with Gasteiger partial charge in [0.05, 0.1) is 6.10 Å². The molecule has 1 saturated carbocycles. The van der Waals surface area contributed by atoms with E-state index in [9.17, 15) is 5.11 Å². The van der Waals surface area contributed by atoms with Gasteiger partial charge in [-0.3, -0.25) is 0 Å². The highest BCUT2D eigenvalue weighted by Gasteiger charge is 2.48. The van der Waals surface area contributed by atoms with Gasteiger partial charge in [0.25, 0.3) is 0 Å². The van der Waals surface area contributed by atoms with E-state index in [-0.39, 0.29) is 17.6 Å². The first-order valence-corrected chi connectivity index (χ1v) is 9.48. The summed E-state index contributed by atoms with van der Waals surface area (Å²) < 4.78 is 0. The first kappa shape index (κ1) is 18.2. The molecule has 3 atom stereocenters. The van der Waals surface area contributed by atoms with E-state index in [1.807, 2.05) is 0 Å². The van der Waals surface area contributed by atoms with Crippen LogP contribution in [-0.2, 0) is 6.42 Å². The van der Waals surface area contributed by atoms with Crippen LogP contribution in [0.25, 0.3) is 0 Å². The van der Waals surface area contributed by atoms with Crippen LogP contribution in [0.15, 0.2) is 54.6 Å². The third-order valence-corrected chi connectivity index (χ3v) is 5.95. The van der Waals surface area contributed by atoms with Crippen LogP contribution in [0.2, 0.25) is 0 Å². The molecule has 2 aromatic carbocycles. The van der Waals surface area contributed by atoms with Crippen molar-refractivity contribution in [3.8, 4) is 0 Å². The maximum Gasteiger partial charge on any atom is 0.0617 e. The minimum Gasteiger partial charge on any atom is -0.392 e. The van der Waals surface area contributed by atoms with Crippen LogP contribution in [0, 0.1) is 12.3 Å². The average molecular weight is 338 g/mol. The molecule has 2 aromatic rings. The first-order chi connectivity index (χ1) is 12.0. The van der Waals surface area contributed by atoms with Crippen LogP contribution in [0.1, 0.15) is 48.4 Å². The molecular formula is C23H31NO. The highest BCUT2D eigenvalue weighted by atomic mass is 16.3. The molecule has 0 radical (unpaired) electrons. The van der Waals surface area contributed by atoms with E-state index in [0.29, 0.717) is 0 Å². The zero-order valence-electron chi connectivity index (χ0n) is 15.8. The molecule has 3 unspecified atom stereocenters. The lowest BCUT2D eigenvalue weighted by Gasteiger charge is -2.50. The summed E-state index contributed by atoms with van der Waals surface area (Å²) >= 11 is 0. The topological polar surface area (TPSA) is 23.5 Å². The molecule has 2 nitrogen and oxygen atoms in total. The minimum atomic E-state index is -0.270. The lowest BCUT2D eigenvalue weighted by molar-refractivity contribution is -0.0648. The fourth-order valence-corrected chi connectivity index (χ4v) is 4.84. The second-order valence-corrected chi connectivity index (χ2v) is 7.88. The molecular weight excluding hydrogens is 306 g/mol. The lowest BCUT2D eigenvalue weighted by atomic mass is 9.61. The van der Waals surface area contributed by atoms with E-state index >= 15 is 0 Å². The summed E-state index contributed by atoms with van der Waals surface area (Å²) in [6.45, 7) is 2.19. The monoisotopic (exact) mass is 337 g/mol. The van der Waals surface area contributed by atoms with Gasteiger partial charge >= 0.3 is 0 Å². The Morgan fingerprint density at radius 1 is 1.04 bits per heavy atom. The van der Waals surface area contributed by atoms with Crippen molar-refractivity contribution in [1.82, 2.24) is 4.90 Å². The van der Waals surface area contributed by atoms with Crippen molar-refractivity contribution in [3.63, 3.8) is 0 Å². The molecule has 0 bridgehead atoms. The Morgan fingerprint density at radius 2 is 1.72 bits per heavy atom. The Hall–Kier alpha value is -1.64. The van der Waals surface area contributed by atoms with Crippen LogP contribution in [0.5, 0.6) is 0 Å². The number of hydrogen-bond donors (Lipinski definition) is 1. The average Bonchev–Trinajstić information content (AvgIpc) is 2.60. The number of rotatable bonds is 5. The maximum absolute atomic E-state index is 11.2. The summed E-state index contributed by atoms with van der Waals surface area (Å²) in [6, 6.07) is 19.6. The molecule has 1 aliphatic rings. The third-order valence-electron chi connectivity index (χ3n) is 5.95. The number of hydrogen-bond acceptors (Lipinski definition) is 2. The molecule has 0 saturated heterocycles. The van der Waals surface area contributed by atoms with Gasteiger partial charge in [0.15, 0.2) is 0 Å². The van der Waals surface area contributed by atoms with Crippen molar-refractivity contribution in [3.05, 3.63) is 71.3 Å². The van der Waals surface area contributed by atoms with Gasteiger partial charge in [-0.15, -0.1) is 0 Å². The molecule has 1 aliphatic carbocycles. The summed E-state index contributed by atoms with van der Waals surface area (Å²) in [5.41, 5.74) is 3.84. The number of benzene rings is 2. The molecule has 0 spiro atoms. The highest BCUT2D eigenvalue weighted by molar-refractivity contribution is 5.32. The van der Waals surface area contributed by atoms with E-state index in [1.165, 1.54) is 23.1 Å². The molecule has 0 heterocycles. The zero-order chi connectivity index (χ0) is 17.9. The van der Waals surface area contributed by atoms with Crippen molar-refractivity contribution in [2.45, 2.75) is 51.2 Å². The number of aliphatic hydroxyl groups excluding tert-OH is 1. The molecule has 3 rings (SSSR count). The van der Waals surface area contributed by atoms with Gasteiger partial charge in [-0.1, -0.05) is 67.4 Å². The van der Waals surface area contributed by atoms with Gasteiger partial charge < -0.3 is 10.0 Å². The van der Waals surface area contributed by atoms with Crippen LogP contribution in [0.4, 0.5) is 0 Å². The largest absolute Gasteiger partial charge is 0.392 e. The fraction of sp³-hybridized carbons (Fsp3) is 0.478. The Kier molecular flexibility index (Phi) is 5.61. The van der Waals surface area contributed by atoms with Gasteiger partial charge in [-0.05, 0) is 57.0 Å². The molecule has 0 aliphatic heterocycles. The van der Waals surface area contributed by atoms with Crippen LogP contribution in [0.3, 0.4) is 0 Å². The van der Waals surface area contributed by atoms with Crippen molar-refractivity contribution < 1.29 is 5.11 Å². The standard InChI is InChI=1S/C23H31NO/c1-18-11-7-8-14-20(18)22(24(2)3)23(16-10-9-15-21(23)25)17-19-12-5-4-6-13-19/h4-8,11-14,21-22,25H,9-10,15-17H2,1-3H3. The van der Waals surface area contributed by atoms with E-state index in [2.05, 4.69) is 80.5 Å². The van der Waals surface area contributed by atoms with Crippen LogP contribution < -0.4 is 0 Å². The zero-order valence-corrected chi connectivity index (χ0v) is 15.8. The summed E-state index contributed by atoms with van der Waals surface area (Å²) in [5, 5.41) is 11.2. The second-order valence-electron chi connectivity index (χ2n) is 7.88. The predicted molar refractivity (Wildman–Crippen MR) is 105 cm³/mol. The number of aryl methyl sites for hydroxylation is 1. The quantitative estimate of drug-likeness (QED) is 0.850. The SMILES string of the molecule is Cc1ccccc1C(N(C)C)C1(Cc2ccccc2)CCCCC1O. The van der Waals surface area contributed by atoms with Crippen molar-refractivity contribution in [2.24, 2.45) is 5.41 Å². The van der Waals surface area contributed by atoms with Gasteiger partial charge in [0.1, 0.15) is 0 Å². The van der Waals surface area contributed by atoms with Crippen molar-refractivity contribution >= 4 is 0 Å². The fourth-order valence-electron chi connectivity index (χ4n) is 4.84. The summed E-state index contributed by atoms with van der Waals surface area (Å²) in [7, 11) is 4.32. The normalized spacial score (nSPS) is 25.1. The van der Waals surface area contributed by atoms with Gasteiger partial charge in [0, 0.05) is 11.5 Å². The summed E-state index contributed by atoms with van der Waals surface area (Å²) in [4.78, 5) is 2.32. The molecule has 2 heteroatoms. The smallest absolute Gasteiger partial charge is 0.0617 e. The molecule has 25 heavy (non-hydrogen) atoms. The Bertz CT molecular complexity index is 682. The molecule has 134 valence electrons. The van der Waals surface area contributed by atoms with E-state index in [4.69, 9.17) is 0 Å². The number of aliphatic hydroxyl groups is 1. The molecule has 0 aromatic heterocycles. The Balaban J connectivity index is 2.09. The van der Waals surface area contributed by atoms with Crippen LogP contribution in [-0.4, -0.2) is 30.2 Å². The highest BCUT2D eigenvalue weighted by Crippen LogP contribution is 2.51. The summed E-state index contributed by atoms with van der Waals surface area (Å²) in [6.07, 6.45) is 4.95. The van der Waals surface area contributed by atoms with E-state index < -0.39 is 0 Å². The molecule has 0 amide bonds. The second kappa shape index (κ2) is 7.72. The Labute approximate surface area is 152 Å². The predicted octanol–water partition coefficient (Wildman–Crippen LogP) is 4.76.